The van der Waals surface area contributed by atoms with Gasteiger partial charge in [0.1, 0.15) is 0 Å². The molecule has 8 nitrogen and oxygen atoms in total. The maximum Gasteiger partial charge on any atom is 0.362 e. The molecule has 0 saturated heterocycles. The lowest BCUT2D eigenvalue weighted by Gasteiger charge is -2.05. The predicted octanol–water partition coefficient (Wildman–Crippen LogP) is 0.943. The Morgan fingerprint density at radius 3 is 2.50 bits per heavy atom. The SMILES string of the molecule is COC(=O)C(=NNC(=O)c1ccccc1)C(Br)[N+](=O)[O-]. The number of halogens is 1. The van der Waals surface area contributed by atoms with Crippen molar-refractivity contribution in [2.75, 3.05) is 7.11 Å². The fourth-order valence-electron chi connectivity index (χ4n) is 1.17. The van der Waals surface area contributed by atoms with Crippen LogP contribution in [0.3, 0.4) is 0 Å². The zero-order chi connectivity index (χ0) is 15.1. The van der Waals surface area contributed by atoms with E-state index in [1.807, 2.05) is 0 Å². The van der Waals surface area contributed by atoms with Gasteiger partial charge < -0.3 is 4.74 Å². The second-order valence-corrected chi connectivity index (χ2v) is 4.28. The number of amides is 1. The zero-order valence-electron chi connectivity index (χ0n) is 10.3. The van der Waals surface area contributed by atoms with Gasteiger partial charge in [0, 0.05) is 26.4 Å². The number of carbonyl (C=O) groups excluding carboxylic acids is 2. The van der Waals surface area contributed by atoms with E-state index in [0.717, 1.165) is 7.11 Å². The standard InChI is InChI=1S/C11H10BrN3O5/c1-20-11(17)8(9(12)15(18)19)13-14-10(16)7-5-3-2-4-6-7/h2-6,9H,1H3,(H,14,16). The van der Waals surface area contributed by atoms with Crippen molar-refractivity contribution in [3.05, 3.63) is 46.0 Å². The first-order valence-electron chi connectivity index (χ1n) is 5.26. The van der Waals surface area contributed by atoms with Gasteiger partial charge in [-0.2, -0.15) is 5.10 Å². The van der Waals surface area contributed by atoms with E-state index < -0.39 is 27.5 Å². The third-order valence-electron chi connectivity index (χ3n) is 2.12. The van der Waals surface area contributed by atoms with Gasteiger partial charge in [-0.15, -0.1) is 0 Å². The molecule has 0 heterocycles. The van der Waals surface area contributed by atoms with Gasteiger partial charge >= 0.3 is 10.9 Å². The van der Waals surface area contributed by atoms with E-state index in [0.29, 0.717) is 5.56 Å². The quantitative estimate of drug-likeness (QED) is 0.213. The van der Waals surface area contributed by atoms with Crippen molar-refractivity contribution in [1.82, 2.24) is 5.43 Å². The maximum absolute atomic E-state index is 11.7. The minimum atomic E-state index is -1.58. The van der Waals surface area contributed by atoms with Crippen LogP contribution in [-0.2, 0) is 9.53 Å². The molecule has 0 bridgehead atoms. The summed E-state index contributed by atoms with van der Waals surface area (Å²) in [6.07, 6.45) is 0. The summed E-state index contributed by atoms with van der Waals surface area (Å²) in [7, 11) is 1.05. The number of alkyl halides is 1. The number of hydrazone groups is 1. The van der Waals surface area contributed by atoms with Gasteiger partial charge in [0.05, 0.1) is 7.11 Å². The molecule has 1 N–H and O–H groups in total. The van der Waals surface area contributed by atoms with Crippen LogP contribution < -0.4 is 5.43 Å². The molecular formula is C11H10BrN3O5. The summed E-state index contributed by atoms with van der Waals surface area (Å²) >= 11 is 2.67. The average molecular weight is 344 g/mol. The highest BCUT2D eigenvalue weighted by atomic mass is 79.9. The summed E-state index contributed by atoms with van der Waals surface area (Å²) < 4.78 is 4.37. The lowest BCUT2D eigenvalue weighted by atomic mass is 10.2. The molecule has 0 aliphatic heterocycles. The average Bonchev–Trinajstić information content (AvgIpc) is 2.47. The van der Waals surface area contributed by atoms with Crippen molar-refractivity contribution in [2.24, 2.45) is 5.10 Å². The topological polar surface area (TPSA) is 111 Å². The van der Waals surface area contributed by atoms with Crippen LogP contribution in [0.15, 0.2) is 35.4 Å². The number of benzene rings is 1. The minimum absolute atomic E-state index is 0.299. The van der Waals surface area contributed by atoms with Gasteiger partial charge in [0.15, 0.2) is 0 Å². The highest BCUT2D eigenvalue weighted by Crippen LogP contribution is 2.05. The van der Waals surface area contributed by atoms with E-state index in [1.54, 1.807) is 18.2 Å². The Morgan fingerprint density at radius 2 is 2.00 bits per heavy atom. The van der Waals surface area contributed by atoms with E-state index in [4.69, 9.17) is 0 Å². The van der Waals surface area contributed by atoms with E-state index in [-0.39, 0.29) is 0 Å². The first-order chi connectivity index (χ1) is 9.47. The van der Waals surface area contributed by atoms with Gasteiger partial charge in [-0.05, 0) is 12.1 Å². The van der Waals surface area contributed by atoms with Crippen LogP contribution in [0, 0.1) is 10.1 Å². The second-order valence-electron chi connectivity index (χ2n) is 3.42. The van der Waals surface area contributed by atoms with E-state index >= 15 is 0 Å². The minimum Gasteiger partial charge on any atom is -0.464 e. The zero-order valence-corrected chi connectivity index (χ0v) is 11.9. The van der Waals surface area contributed by atoms with Crippen LogP contribution in [0.2, 0.25) is 0 Å². The lowest BCUT2D eigenvalue weighted by Crippen LogP contribution is -2.34. The Bertz CT molecular complexity index is 546. The number of rotatable bonds is 5. The third kappa shape index (κ3) is 4.12. The summed E-state index contributed by atoms with van der Waals surface area (Å²) in [5.74, 6) is -1.62. The van der Waals surface area contributed by atoms with E-state index in [2.05, 4.69) is 31.2 Å². The maximum atomic E-state index is 11.7. The normalized spacial score (nSPS) is 12.4. The highest BCUT2D eigenvalue weighted by Gasteiger charge is 2.31. The lowest BCUT2D eigenvalue weighted by molar-refractivity contribution is -0.474. The Balaban J connectivity index is 2.90. The molecule has 106 valence electrons. The smallest absolute Gasteiger partial charge is 0.362 e. The number of nitro groups is 1. The fourth-order valence-corrected chi connectivity index (χ4v) is 1.45. The molecule has 1 aromatic carbocycles. The molecule has 20 heavy (non-hydrogen) atoms. The fraction of sp³-hybridized carbons (Fsp3) is 0.182. The van der Waals surface area contributed by atoms with Gasteiger partial charge in [-0.1, -0.05) is 18.2 Å². The molecule has 1 amide bonds. The first kappa shape index (κ1) is 15.8. The number of ether oxygens (including phenoxy) is 1. The molecule has 0 fully saturated rings. The Morgan fingerprint density at radius 1 is 1.40 bits per heavy atom. The molecule has 0 radical (unpaired) electrons. The number of nitrogens with one attached hydrogen (secondary N) is 1. The third-order valence-corrected chi connectivity index (χ3v) is 2.89. The molecule has 0 aliphatic rings. The van der Waals surface area contributed by atoms with Crippen molar-refractivity contribution in [1.29, 1.82) is 0 Å². The van der Waals surface area contributed by atoms with Crippen LogP contribution in [0.4, 0.5) is 0 Å². The first-order valence-corrected chi connectivity index (χ1v) is 6.17. The van der Waals surface area contributed by atoms with Crippen molar-refractivity contribution in [3.63, 3.8) is 0 Å². The Labute approximate surface area is 122 Å². The van der Waals surface area contributed by atoms with Gasteiger partial charge in [0.2, 0.25) is 5.71 Å². The van der Waals surface area contributed by atoms with Crippen LogP contribution in [0.1, 0.15) is 10.4 Å². The molecule has 0 saturated carbocycles. The molecule has 0 aliphatic carbocycles. The number of carbonyl (C=O) groups is 2. The van der Waals surface area contributed by atoms with Crippen LogP contribution in [-0.4, -0.2) is 34.6 Å². The largest absolute Gasteiger partial charge is 0.464 e. The summed E-state index contributed by atoms with van der Waals surface area (Å²) in [6, 6.07) is 8.07. The monoisotopic (exact) mass is 343 g/mol. The highest BCUT2D eigenvalue weighted by molar-refractivity contribution is 9.09. The van der Waals surface area contributed by atoms with Crippen LogP contribution in [0.25, 0.3) is 0 Å². The summed E-state index contributed by atoms with van der Waals surface area (Å²) in [4.78, 5) is 31.3. The van der Waals surface area contributed by atoms with Crippen LogP contribution >= 0.6 is 15.9 Å². The molecule has 0 aromatic heterocycles. The molecular weight excluding hydrogens is 334 g/mol. The second kappa shape index (κ2) is 7.34. The van der Waals surface area contributed by atoms with Crippen molar-refractivity contribution >= 4 is 33.5 Å². The molecule has 1 unspecified atom stereocenters. The summed E-state index contributed by atoms with van der Waals surface area (Å²) in [6.45, 7) is 0. The van der Waals surface area contributed by atoms with Gasteiger partial charge in [0.25, 0.3) is 5.91 Å². The molecule has 1 atom stereocenters. The molecule has 9 heteroatoms. The summed E-state index contributed by atoms with van der Waals surface area (Å²) in [5, 5.41) is 14.1. The van der Waals surface area contributed by atoms with Crippen molar-refractivity contribution in [2.45, 2.75) is 4.95 Å². The number of nitrogens with zero attached hydrogens (tertiary/aromatic N) is 2. The van der Waals surface area contributed by atoms with E-state index in [1.165, 1.54) is 12.1 Å². The number of methoxy groups -OCH3 is 1. The number of hydrogen-bond donors (Lipinski definition) is 1. The van der Waals surface area contributed by atoms with Crippen molar-refractivity contribution < 1.29 is 19.2 Å². The predicted molar refractivity (Wildman–Crippen MR) is 73.1 cm³/mol. The van der Waals surface area contributed by atoms with Crippen molar-refractivity contribution in [3.8, 4) is 0 Å². The van der Waals surface area contributed by atoms with E-state index in [9.17, 15) is 19.7 Å². The molecule has 1 rings (SSSR count). The number of hydrogen-bond acceptors (Lipinski definition) is 6. The number of esters is 1. The van der Waals surface area contributed by atoms with Gasteiger partial charge in [-0.3, -0.25) is 14.9 Å². The molecule has 1 aromatic rings. The van der Waals surface area contributed by atoms with Gasteiger partial charge in [-0.25, -0.2) is 10.2 Å². The Kier molecular flexibility index (Phi) is 5.78. The molecule has 0 spiro atoms. The Hall–Kier alpha value is -2.29. The summed E-state index contributed by atoms with van der Waals surface area (Å²) in [5.41, 5.74) is 1.79. The van der Waals surface area contributed by atoms with Crippen LogP contribution in [0.5, 0.6) is 0 Å².